The van der Waals surface area contributed by atoms with Gasteiger partial charge in [0.15, 0.2) is 6.54 Å². The molecule has 1 unspecified atom stereocenters. The molecular formula is C17H21N2OS2+. The SMILES string of the molecule is O=C(C[NH+]1CCc2sccc2[C@H]1c1cccs1)N1CCCC1. The Bertz CT molecular complexity index is 643. The topological polar surface area (TPSA) is 24.8 Å². The highest BCUT2D eigenvalue weighted by molar-refractivity contribution is 7.10. The predicted molar refractivity (Wildman–Crippen MR) is 90.7 cm³/mol. The van der Waals surface area contributed by atoms with Gasteiger partial charge in [-0.05, 0) is 35.7 Å². The van der Waals surface area contributed by atoms with Crippen LogP contribution in [-0.4, -0.2) is 37.0 Å². The number of nitrogens with one attached hydrogen (secondary N) is 1. The van der Waals surface area contributed by atoms with Crippen molar-refractivity contribution in [1.82, 2.24) is 4.90 Å². The van der Waals surface area contributed by atoms with Crippen molar-refractivity contribution in [3.05, 3.63) is 44.3 Å². The van der Waals surface area contributed by atoms with E-state index in [1.807, 2.05) is 22.7 Å². The summed E-state index contributed by atoms with van der Waals surface area (Å²) in [7, 11) is 0. The van der Waals surface area contributed by atoms with E-state index in [0.717, 1.165) is 26.1 Å². The first-order valence-electron chi connectivity index (χ1n) is 8.05. The van der Waals surface area contributed by atoms with Gasteiger partial charge in [0, 0.05) is 30.0 Å². The van der Waals surface area contributed by atoms with Gasteiger partial charge in [0.1, 0.15) is 6.04 Å². The van der Waals surface area contributed by atoms with Crippen molar-refractivity contribution in [3.8, 4) is 0 Å². The summed E-state index contributed by atoms with van der Waals surface area (Å²) in [5.74, 6) is 0.340. The van der Waals surface area contributed by atoms with Crippen molar-refractivity contribution in [1.29, 1.82) is 0 Å². The molecule has 5 heteroatoms. The van der Waals surface area contributed by atoms with E-state index in [2.05, 4.69) is 33.9 Å². The van der Waals surface area contributed by atoms with E-state index in [4.69, 9.17) is 0 Å². The van der Waals surface area contributed by atoms with Crippen LogP contribution < -0.4 is 4.90 Å². The number of nitrogens with zero attached hydrogens (tertiary/aromatic N) is 1. The lowest BCUT2D eigenvalue weighted by molar-refractivity contribution is -0.919. The molecular weight excluding hydrogens is 312 g/mol. The Kier molecular flexibility index (Phi) is 4.03. The standard InChI is InChI=1S/C17H20N2OS2/c20-16(18-7-1-2-8-18)12-19-9-5-14-13(6-11-22-14)17(19)15-4-3-10-21-15/h3-4,6,10-11,17H,1-2,5,7-9,12H2/p+1/t17-/m0/s1. The summed E-state index contributed by atoms with van der Waals surface area (Å²) in [4.78, 5) is 19.0. The molecule has 2 atom stereocenters. The highest BCUT2D eigenvalue weighted by Crippen LogP contribution is 2.31. The second kappa shape index (κ2) is 6.14. The van der Waals surface area contributed by atoms with Crippen molar-refractivity contribution < 1.29 is 9.69 Å². The minimum Gasteiger partial charge on any atom is -0.338 e. The van der Waals surface area contributed by atoms with Crippen LogP contribution >= 0.6 is 22.7 Å². The number of thiophene rings is 2. The summed E-state index contributed by atoms with van der Waals surface area (Å²) < 4.78 is 0. The molecule has 2 aromatic heterocycles. The maximum Gasteiger partial charge on any atom is 0.277 e. The minimum absolute atomic E-state index is 0.340. The van der Waals surface area contributed by atoms with Crippen LogP contribution in [0.4, 0.5) is 0 Å². The number of hydrogen-bond donors (Lipinski definition) is 1. The Balaban J connectivity index is 1.59. The number of quaternary nitrogens is 1. The van der Waals surface area contributed by atoms with Crippen molar-refractivity contribution >= 4 is 28.6 Å². The highest BCUT2D eigenvalue weighted by atomic mass is 32.1. The van der Waals surface area contributed by atoms with Gasteiger partial charge >= 0.3 is 0 Å². The van der Waals surface area contributed by atoms with Crippen molar-refractivity contribution in [3.63, 3.8) is 0 Å². The molecule has 1 N–H and O–H groups in total. The van der Waals surface area contributed by atoms with Crippen LogP contribution in [0.25, 0.3) is 0 Å². The molecule has 116 valence electrons. The van der Waals surface area contributed by atoms with Crippen LogP contribution in [0.5, 0.6) is 0 Å². The van der Waals surface area contributed by atoms with E-state index in [0.29, 0.717) is 18.5 Å². The van der Waals surface area contributed by atoms with E-state index in [1.54, 1.807) is 0 Å². The molecule has 1 fully saturated rings. The lowest BCUT2D eigenvalue weighted by Crippen LogP contribution is -3.14. The maximum atomic E-state index is 12.6. The first-order valence-corrected chi connectivity index (χ1v) is 9.81. The molecule has 1 saturated heterocycles. The molecule has 2 aliphatic rings. The molecule has 0 aliphatic carbocycles. The number of likely N-dealkylation sites (tertiary alicyclic amines) is 1. The van der Waals surface area contributed by atoms with Gasteiger partial charge in [0.2, 0.25) is 0 Å². The van der Waals surface area contributed by atoms with Gasteiger partial charge in [-0.15, -0.1) is 22.7 Å². The second-order valence-electron chi connectivity index (χ2n) is 6.17. The highest BCUT2D eigenvalue weighted by Gasteiger charge is 2.36. The molecule has 0 aromatic carbocycles. The Hall–Kier alpha value is -1.17. The average Bonchev–Trinajstić information content (AvgIpc) is 3.28. The van der Waals surface area contributed by atoms with Crippen molar-refractivity contribution in [2.24, 2.45) is 0 Å². The van der Waals surface area contributed by atoms with E-state index in [-0.39, 0.29) is 0 Å². The molecule has 22 heavy (non-hydrogen) atoms. The summed E-state index contributed by atoms with van der Waals surface area (Å²) in [5, 5.41) is 4.35. The Morgan fingerprint density at radius 2 is 2.09 bits per heavy atom. The number of carbonyl (C=O) groups is 1. The Labute approximate surface area is 139 Å². The second-order valence-corrected chi connectivity index (χ2v) is 8.15. The minimum atomic E-state index is 0.340. The molecule has 4 rings (SSSR count). The lowest BCUT2D eigenvalue weighted by Gasteiger charge is -2.32. The van der Waals surface area contributed by atoms with Gasteiger partial charge in [0.25, 0.3) is 5.91 Å². The summed E-state index contributed by atoms with van der Waals surface area (Å²) in [6, 6.07) is 6.97. The fourth-order valence-corrected chi connectivity index (χ4v) is 5.54. The molecule has 3 nitrogen and oxygen atoms in total. The van der Waals surface area contributed by atoms with Gasteiger partial charge in [-0.2, -0.15) is 0 Å². The van der Waals surface area contributed by atoms with Crippen LogP contribution in [0.15, 0.2) is 29.0 Å². The molecule has 0 radical (unpaired) electrons. The van der Waals surface area contributed by atoms with Gasteiger partial charge in [-0.1, -0.05) is 6.07 Å². The molecule has 0 saturated carbocycles. The number of fused-ring (bicyclic) bond motifs is 1. The quantitative estimate of drug-likeness (QED) is 0.912. The van der Waals surface area contributed by atoms with Crippen molar-refractivity contribution in [2.75, 3.05) is 26.2 Å². The zero-order valence-corrected chi connectivity index (χ0v) is 14.2. The van der Waals surface area contributed by atoms with Crippen LogP contribution in [0.1, 0.15) is 34.2 Å². The summed E-state index contributed by atoms with van der Waals surface area (Å²) in [6.07, 6.45) is 3.45. The fraction of sp³-hybridized carbons (Fsp3) is 0.471. The van der Waals surface area contributed by atoms with Crippen LogP contribution in [-0.2, 0) is 11.2 Å². The molecule has 1 amide bonds. The number of hydrogen-bond acceptors (Lipinski definition) is 3. The van der Waals surface area contributed by atoms with Crippen molar-refractivity contribution in [2.45, 2.75) is 25.3 Å². The van der Waals surface area contributed by atoms with Gasteiger partial charge in [0.05, 0.1) is 11.4 Å². The largest absolute Gasteiger partial charge is 0.338 e. The molecule has 0 spiro atoms. The lowest BCUT2D eigenvalue weighted by atomic mass is 9.98. The third-order valence-electron chi connectivity index (χ3n) is 4.84. The molecule has 4 heterocycles. The number of amides is 1. The third-order valence-corrected chi connectivity index (χ3v) is 6.77. The maximum absolute atomic E-state index is 12.6. The molecule has 0 bridgehead atoms. The predicted octanol–water partition coefficient (Wildman–Crippen LogP) is 1.96. The van der Waals surface area contributed by atoms with E-state index in [9.17, 15) is 4.79 Å². The number of rotatable bonds is 3. The summed E-state index contributed by atoms with van der Waals surface area (Å²) in [6.45, 7) is 3.62. The van der Waals surface area contributed by atoms with E-state index < -0.39 is 0 Å². The van der Waals surface area contributed by atoms with Crippen LogP contribution in [0.3, 0.4) is 0 Å². The van der Waals surface area contributed by atoms with Crippen LogP contribution in [0.2, 0.25) is 0 Å². The normalized spacial score (nSPS) is 24.5. The summed E-state index contributed by atoms with van der Waals surface area (Å²) in [5.41, 5.74) is 1.45. The Morgan fingerprint density at radius 3 is 2.86 bits per heavy atom. The van der Waals surface area contributed by atoms with Gasteiger partial charge in [-0.25, -0.2) is 0 Å². The van der Waals surface area contributed by atoms with E-state index >= 15 is 0 Å². The van der Waals surface area contributed by atoms with Gasteiger partial charge < -0.3 is 9.80 Å². The summed E-state index contributed by atoms with van der Waals surface area (Å²) >= 11 is 3.69. The molecule has 2 aliphatic heterocycles. The first-order chi connectivity index (χ1) is 10.8. The zero-order valence-electron chi connectivity index (χ0n) is 12.6. The monoisotopic (exact) mass is 333 g/mol. The zero-order chi connectivity index (χ0) is 14.9. The molecule has 2 aromatic rings. The fourth-order valence-electron chi connectivity index (χ4n) is 3.72. The third kappa shape index (κ3) is 2.62. The smallest absolute Gasteiger partial charge is 0.277 e. The Morgan fingerprint density at radius 1 is 1.23 bits per heavy atom. The number of carbonyl (C=O) groups excluding carboxylic acids is 1. The average molecular weight is 334 g/mol. The van der Waals surface area contributed by atoms with E-state index in [1.165, 1.54) is 33.1 Å². The van der Waals surface area contributed by atoms with Gasteiger partial charge in [-0.3, -0.25) is 4.79 Å². The first kappa shape index (κ1) is 14.4. The van der Waals surface area contributed by atoms with Crippen LogP contribution in [0, 0.1) is 0 Å².